The summed E-state index contributed by atoms with van der Waals surface area (Å²) in [7, 11) is 0. The van der Waals surface area contributed by atoms with Crippen molar-refractivity contribution in [3.63, 3.8) is 0 Å². The van der Waals surface area contributed by atoms with Gasteiger partial charge in [0.15, 0.2) is 0 Å². The molecule has 1 aliphatic rings. The lowest BCUT2D eigenvalue weighted by molar-refractivity contribution is -0.232. The Kier molecular flexibility index (Phi) is 1.85. The molecule has 0 spiro atoms. The van der Waals surface area contributed by atoms with E-state index in [1.54, 1.807) is 0 Å². The third kappa shape index (κ3) is 1.18. The van der Waals surface area contributed by atoms with Gasteiger partial charge in [-0.05, 0) is 0 Å². The Labute approximate surface area is 71.4 Å². The van der Waals surface area contributed by atoms with Crippen LogP contribution in [0, 0.1) is 0 Å². The number of ether oxygens (including phenoxy) is 1. The highest BCUT2D eigenvalue weighted by Crippen LogP contribution is 2.67. The standard InChI is InChI=1S/C4ClF7O/c5-1(3(7,8)9)2(6,13-1)4(10,11)12. The summed E-state index contributed by atoms with van der Waals surface area (Å²) in [5.74, 6) is -4.83. The summed E-state index contributed by atoms with van der Waals surface area (Å²) < 4.78 is 84.9. The van der Waals surface area contributed by atoms with Gasteiger partial charge < -0.3 is 0 Å². The molecule has 0 aromatic rings. The molecule has 1 fully saturated rings. The first-order valence-electron chi connectivity index (χ1n) is 2.67. The van der Waals surface area contributed by atoms with Gasteiger partial charge in [-0.15, -0.1) is 0 Å². The second kappa shape index (κ2) is 2.22. The quantitative estimate of drug-likeness (QED) is 0.355. The summed E-state index contributed by atoms with van der Waals surface area (Å²) in [5, 5.41) is -4.29. The van der Waals surface area contributed by atoms with Crippen molar-refractivity contribution in [2.24, 2.45) is 0 Å². The number of halogens is 8. The Hall–Kier alpha value is -0.240. The van der Waals surface area contributed by atoms with Crippen molar-refractivity contribution in [2.75, 3.05) is 0 Å². The van der Waals surface area contributed by atoms with E-state index in [1.165, 1.54) is 0 Å². The lowest BCUT2D eigenvalue weighted by Crippen LogP contribution is -2.41. The van der Waals surface area contributed by atoms with Crippen molar-refractivity contribution in [1.82, 2.24) is 0 Å². The fourth-order valence-corrected chi connectivity index (χ4v) is 0.862. The zero-order chi connectivity index (χ0) is 10.7. The van der Waals surface area contributed by atoms with Crippen LogP contribution in [0.15, 0.2) is 0 Å². The molecule has 0 amide bonds. The molecule has 13 heavy (non-hydrogen) atoms. The second-order valence-electron chi connectivity index (χ2n) is 2.29. The molecule has 1 aliphatic heterocycles. The minimum atomic E-state index is -5.80. The zero-order valence-electron chi connectivity index (χ0n) is 5.43. The second-order valence-corrected chi connectivity index (χ2v) is 2.82. The van der Waals surface area contributed by atoms with Crippen LogP contribution in [-0.2, 0) is 4.74 Å². The number of alkyl halides is 8. The van der Waals surface area contributed by atoms with Crippen LogP contribution < -0.4 is 0 Å². The van der Waals surface area contributed by atoms with E-state index in [0.29, 0.717) is 0 Å². The van der Waals surface area contributed by atoms with E-state index in [-0.39, 0.29) is 0 Å². The van der Waals surface area contributed by atoms with Crippen LogP contribution in [0.3, 0.4) is 0 Å². The average molecular weight is 232 g/mol. The summed E-state index contributed by atoms with van der Waals surface area (Å²) in [6.45, 7) is 0. The first kappa shape index (κ1) is 10.8. The molecule has 78 valence electrons. The van der Waals surface area contributed by atoms with Gasteiger partial charge in [-0.25, -0.2) is 0 Å². The van der Waals surface area contributed by atoms with Crippen LogP contribution in [0.4, 0.5) is 30.7 Å². The van der Waals surface area contributed by atoms with Crippen molar-refractivity contribution in [2.45, 2.75) is 23.3 Å². The molecule has 0 N–H and O–H groups in total. The van der Waals surface area contributed by atoms with Crippen LogP contribution in [-0.4, -0.2) is 23.3 Å². The highest BCUT2D eigenvalue weighted by atomic mass is 35.5. The van der Waals surface area contributed by atoms with Gasteiger partial charge in [-0.1, -0.05) is 11.6 Å². The van der Waals surface area contributed by atoms with E-state index >= 15 is 0 Å². The third-order valence-electron chi connectivity index (χ3n) is 1.38. The topological polar surface area (TPSA) is 12.5 Å². The average Bonchev–Trinajstić information content (AvgIpc) is 2.34. The molecule has 0 radical (unpaired) electrons. The Morgan fingerprint density at radius 1 is 0.923 bits per heavy atom. The highest BCUT2D eigenvalue weighted by Gasteiger charge is 2.94. The van der Waals surface area contributed by atoms with E-state index in [1.807, 2.05) is 0 Å². The summed E-state index contributed by atoms with van der Waals surface area (Å²) in [5.41, 5.74) is 0. The Morgan fingerprint density at radius 3 is 1.38 bits per heavy atom. The van der Waals surface area contributed by atoms with Gasteiger partial charge in [0.2, 0.25) is 0 Å². The Morgan fingerprint density at radius 2 is 1.31 bits per heavy atom. The molecule has 1 rings (SSSR count). The maximum atomic E-state index is 12.4. The number of hydrogen-bond donors (Lipinski definition) is 0. The van der Waals surface area contributed by atoms with Crippen molar-refractivity contribution in [3.8, 4) is 0 Å². The van der Waals surface area contributed by atoms with Gasteiger partial charge in [0, 0.05) is 0 Å². The van der Waals surface area contributed by atoms with Gasteiger partial charge in [0.25, 0.3) is 0 Å². The van der Waals surface area contributed by atoms with Gasteiger partial charge in [-0.2, -0.15) is 30.7 Å². The molecule has 1 heterocycles. The molecule has 1 saturated heterocycles. The highest BCUT2D eigenvalue weighted by molar-refractivity contribution is 6.26. The van der Waals surface area contributed by atoms with Crippen molar-refractivity contribution >= 4 is 11.6 Å². The van der Waals surface area contributed by atoms with Crippen LogP contribution in [0.25, 0.3) is 0 Å². The minimum absolute atomic E-state index is 2.87. The van der Waals surface area contributed by atoms with Crippen molar-refractivity contribution in [3.05, 3.63) is 0 Å². The molecule has 0 saturated carbocycles. The van der Waals surface area contributed by atoms with E-state index < -0.39 is 23.3 Å². The predicted octanol–water partition coefficient (Wildman–Crippen LogP) is 2.74. The minimum Gasteiger partial charge on any atom is -0.298 e. The van der Waals surface area contributed by atoms with E-state index in [2.05, 4.69) is 16.3 Å². The van der Waals surface area contributed by atoms with Crippen molar-refractivity contribution < 1.29 is 35.5 Å². The summed E-state index contributed by atoms with van der Waals surface area (Å²) >= 11 is 4.27. The monoisotopic (exact) mass is 232 g/mol. The van der Waals surface area contributed by atoms with E-state index in [0.717, 1.165) is 0 Å². The molecular weight excluding hydrogens is 232 g/mol. The molecule has 0 aromatic carbocycles. The van der Waals surface area contributed by atoms with Crippen LogP contribution >= 0.6 is 11.6 Å². The summed E-state index contributed by atoms with van der Waals surface area (Å²) in [4.78, 5) is 0. The van der Waals surface area contributed by atoms with Crippen LogP contribution in [0.1, 0.15) is 0 Å². The molecule has 0 bridgehead atoms. The lowest BCUT2D eigenvalue weighted by atomic mass is 10.2. The largest absolute Gasteiger partial charge is 0.453 e. The smallest absolute Gasteiger partial charge is 0.298 e. The normalized spacial score (nSPS) is 40.6. The molecular formula is C4ClF7O. The van der Waals surface area contributed by atoms with Gasteiger partial charge >= 0.3 is 23.3 Å². The first-order chi connectivity index (χ1) is 5.46. The molecule has 0 aromatic heterocycles. The SMILES string of the molecule is FC(F)(F)C1(F)OC1(Cl)C(F)(F)F. The van der Waals surface area contributed by atoms with Gasteiger partial charge in [0.1, 0.15) is 0 Å². The van der Waals surface area contributed by atoms with E-state index in [4.69, 9.17) is 0 Å². The number of rotatable bonds is 0. The van der Waals surface area contributed by atoms with Gasteiger partial charge in [0.05, 0.1) is 0 Å². The molecule has 2 atom stereocenters. The Bertz CT molecular complexity index is 210. The summed E-state index contributed by atoms with van der Waals surface area (Å²) in [6, 6.07) is 0. The third-order valence-corrected chi connectivity index (χ3v) is 1.92. The lowest BCUT2D eigenvalue weighted by Gasteiger charge is -2.13. The zero-order valence-corrected chi connectivity index (χ0v) is 6.19. The van der Waals surface area contributed by atoms with Crippen LogP contribution in [0.2, 0.25) is 0 Å². The number of epoxide rings is 1. The fourth-order valence-electron chi connectivity index (χ4n) is 0.649. The van der Waals surface area contributed by atoms with E-state index in [9.17, 15) is 30.7 Å². The first-order valence-corrected chi connectivity index (χ1v) is 3.05. The Balaban J connectivity index is 2.95. The maximum Gasteiger partial charge on any atom is 0.453 e. The van der Waals surface area contributed by atoms with Crippen LogP contribution in [0.5, 0.6) is 0 Å². The molecule has 1 nitrogen and oxygen atoms in total. The van der Waals surface area contributed by atoms with Crippen molar-refractivity contribution in [1.29, 1.82) is 0 Å². The fraction of sp³-hybridized carbons (Fsp3) is 1.00. The maximum absolute atomic E-state index is 12.4. The summed E-state index contributed by atoms with van der Waals surface area (Å²) in [6.07, 6.45) is -11.4. The molecule has 0 aliphatic carbocycles. The predicted molar refractivity (Wildman–Crippen MR) is 25.6 cm³/mol. The molecule has 2 unspecified atom stereocenters. The molecule has 9 heteroatoms. The van der Waals surface area contributed by atoms with Gasteiger partial charge in [-0.3, -0.25) is 4.74 Å². The number of hydrogen-bond acceptors (Lipinski definition) is 1.